The normalized spacial score (nSPS) is 11.7. The molecule has 1 atom stereocenters. The zero-order valence-corrected chi connectivity index (χ0v) is 13.2. The number of carbonyl (C=O) groups excluding carboxylic acids is 2. The molecular weight excluding hydrogens is 297 g/mol. The monoisotopic (exact) mass is 315 g/mol. The number of ether oxygens (including phenoxy) is 1. The molecule has 0 aliphatic carbocycles. The van der Waals surface area contributed by atoms with Gasteiger partial charge in [0.25, 0.3) is 0 Å². The molecule has 0 spiro atoms. The SMILES string of the molecule is C[C@@H](OC(=O)c1cccc(N(C)C)c1)C(=O)c1ccc(F)cc1. The molecule has 5 heteroatoms. The van der Waals surface area contributed by atoms with E-state index >= 15 is 0 Å². The maximum absolute atomic E-state index is 12.9. The summed E-state index contributed by atoms with van der Waals surface area (Å²) in [4.78, 5) is 26.2. The Kier molecular flexibility index (Phi) is 5.11. The maximum Gasteiger partial charge on any atom is 0.338 e. The summed E-state index contributed by atoms with van der Waals surface area (Å²) in [5.74, 6) is -1.37. The van der Waals surface area contributed by atoms with E-state index in [1.807, 2.05) is 25.1 Å². The highest BCUT2D eigenvalue weighted by atomic mass is 19.1. The average molecular weight is 315 g/mol. The molecule has 2 aromatic carbocycles. The Labute approximate surface area is 134 Å². The van der Waals surface area contributed by atoms with Crippen molar-refractivity contribution in [1.29, 1.82) is 0 Å². The summed E-state index contributed by atoms with van der Waals surface area (Å²) in [5, 5.41) is 0. The molecule has 23 heavy (non-hydrogen) atoms. The van der Waals surface area contributed by atoms with Crippen LogP contribution in [0.15, 0.2) is 48.5 Å². The summed E-state index contributed by atoms with van der Waals surface area (Å²) in [6.07, 6.45) is -0.948. The van der Waals surface area contributed by atoms with E-state index in [4.69, 9.17) is 4.74 Å². The molecule has 0 fully saturated rings. The molecule has 0 aliphatic rings. The van der Waals surface area contributed by atoms with Crippen LogP contribution in [0.5, 0.6) is 0 Å². The van der Waals surface area contributed by atoms with Crippen molar-refractivity contribution >= 4 is 17.4 Å². The first-order valence-corrected chi connectivity index (χ1v) is 7.16. The topological polar surface area (TPSA) is 46.6 Å². The molecule has 0 radical (unpaired) electrons. The lowest BCUT2D eigenvalue weighted by Crippen LogP contribution is -2.24. The van der Waals surface area contributed by atoms with Crippen LogP contribution in [0.25, 0.3) is 0 Å². The lowest BCUT2D eigenvalue weighted by atomic mass is 10.1. The summed E-state index contributed by atoms with van der Waals surface area (Å²) < 4.78 is 18.1. The number of anilines is 1. The fourth-order valence-corrected chi connectivity index (χ4v) is 2.04. The fraction of sp³-hybridized carbons (Fsp3) is 0.222. The van der Waals surface area contributed by atoms with Gasteiger partial charge in [0, 0.05) is 25.3 Å². The average Bonchev–Trinajstić information content (AvgIpc) is 2.54. The molecule has 0 bridgehead atoms. The van der Waals surface area contributed by atoms with E-state index in [9.17, 15) is 14.0 Å². The molecule has 120 valence electrons. The van der Waals surface area contributed by atoms with Gasteiger partial charge in [-0.05, 0) is 49.4 Å². The number of esters is 1. The van der Waals surface area contributed by atoms with Crippen molar-refractivity contribution < 1.29 is 18.7 Å². The second-order valence-corrected chi connectivity index (χ2v) is 5.36. The van der Waals surface area contributed by atoms with Crippen molar-refractivity contribution in [2.75, 3.05) is 19.0 Å². The molecule has 0 unspecified atom stereocenters. The highest BCUT2D eigenvalue weighted by molar-refractivity contribution is 6.01. The zero-order valence-electron chi connectivity index (χ0n) is 13.2. The first kappa shape index (κ1) is 16.7. The zero-order chi connectivity index (χ0) is 17.0. The van der Waals surface area contributed by atoms with Crippen LogP contribution in [-0.4, -0.2) is 32.0 Å². The third-order valence-electron chi connectivity index (χ3n) is 3.38. The number of carbonyl (C=O) groups is 2. The molecule has 0 N–H and O–H groups in total. The van der Waals surface area contributed by atoms with Crippen molar-refractivity contribution in [2.24, 2.45) is 0 Å². The van der Waals surface area contributed by atoms with E-state index in [2.05, 4.69) is 0 Å². The second-order valence-electron chi connectivity index (χ2n) is 5.36. The molecule has 0 aliphatic heterocycles. The van der Waals surface area contributed by atoms with Crippen LogP contribution >= 0.6 is 0 Å². The van der Waals surface area contributed by atoms with E-state index in [1.54, 1.807) is 18.2 Å². The maximum atomic E-state index is 12.9. The Hall–Kier alpha value is -2.69. The Balaban J connectivity index is 2.08. The summed E-state index contributed by atoms with van der Waals surface area (Å²) >= 11 is 0. The van der Waals surface area contributed by atoms with Gasteiger partial charge in [-0.1, -0.05) is 6.07 Å². The van der Waals surface area contributed by atoms with Crippen molar-refractivity contribution in [3.63, 3.8) is 0 Å². The van der Waals surface area contributed by atoms with Crippen LogP contribution in [0.3, 0.4) is 0 Å². The molecule has 4 nitrogen and oxygen atoms in total. The predicted molar refractivity (Wildman–Crippen MR) is 86.4 cm³/mol. The number of nitrogens with zero attached hydrogens (tertiary/aromatic N) is 1. The van der Waals surface area contributed by atoms with E-state index in [0.29, 0.717) is 11.1 Å². The summed E-state index contributed by atoms with van der Waals surface area (Å²) in [6, 6.07) is 12.1. The highest BCUT2D eigenvalue weighted by Gasteiger charge is 2.20. The van der Waals surface area contributed by atoms with Gasteiger partial charge in [0.05, 0.1) is 5.56 Å². The number of Topliss-reactive ketones (excluding diaryl/α,β-unsaturated/α-hetero) is 1. The van der Waals surface area contributed by atoms with Crippen molar-refractivity contribution in [2.45, 2.75) is 13.0 Å². The number of benzene rings is 2. The summed E-state index contributed by atoms with van der Waals surface area (Å²) in [6.45, 7) is 1.50. The van der Waals surface area contributed by atoms with Gasteiger partial charge >= 0.3 is 5.97 Å². The van der Waals surface area contributed by atoms with Crippen molar-refractivity contribution in [1.82, 2.24) is 0 Å². The number of halogens is 1. The van der Waals surface area contributed by atoms with Gasteiger partial charge in [-0.15, -0.1) is 0 Å². The molecule has 0 heterocycles. The number of rotatable bonds is 5. The van der Waals surface area contributed by atoms with Gasteiger partial charge < -0.3 is 9.64 Å². The summed E-state index contributed by atoms with van der Waals surface area (Å²) in [7, 11) is 3.73. The van der Waals surface area contributed by atoms with Crippen LogP contribution in [0.4, 0.5) is 10.1 Å². The third kappa shape index (κ3) is 4.16. The van der Waals surface area contributed by atoms with Gasteiger partial charge in [0.15, 0.2) is 6.10 Å². The Morgan fingerprint density at radius 3 is 2.30 bits per heavy atom. The standard InChI is InChI=1S/C18H18FNO3/c1-12(17(21)13-7-9-15(19)10-8-13)23-18(22)14-5-4-6-16(11-14)20(2)3/h4-12H,1-3H3/t12-/m1/s1. The molecule has 0 saturated heterocycles. The lowest BCUT2D eigenvalue weighted by molar-refractivity contribution is 0.0319. The number of hydrogen-bond acceptors (Lipinski definition) is 4. The van der Waals surface area contributed by atoms with E-state index in [0.717, 1.165) is 5.69 Å². The molecule has 2 rings (SSSR count). The van der Waals surface area contributed by atoms with Crippen molar-refractivity contribution in [3.8, 4) is 0 Å². The lowest BCUT2D eigenvalue weighted by Gasteiger charge is -2.15. The smallest absolute Gasteiger partial charge is 0.338 e. The van der Waals surface area contributed by atoms with E-state index < -0.39 is 17.9 Å². The second kappa shape index (κ2) is 7.05. The molecule has 0 saturated carbocycles. The van der Waals surface area contributed by atoms with Crippen LogP contribution in [-0.2, 0) is 4.74 Å². The van der Waals surface area contributed by atoms with Crippen LogP contribution in [0.1, 0.15) is 27.6 Å². The van der Waals surface area contributed by atoms with Crippen LogP contribution in [0.2, 0.25) is 0 Å². The Morgan fingerprint density at radius 2 is 1.70 bits per heavy atom. The largest absolute Gasteiger partial charge is 0.451 e. The van der Waals surface area contributed by atoms with Crippen LogP contribution < -0.4 is 4.90 Å². The van der Waals surface area contributed by atoms with Gasteiger partial charge in [0.2, 0.25) is 5.78 Å². The van der Waals surface area contributed by atoms with Gasteiger partial charge in [-0.25, -0.2) is 9.18 Å². The predicted octanol–water partition coefficient (Wildman–Crippen LogP) is 3.32. The van der Waals surface area contributed by atoms with E-state index in [1.165, 1.54) is 31.2 Å². The number of ketones is 1. The van der Waals surface area contributed by atoms with Crippen molar-refractivity contribution in [3.05, 3.63) is 65.5 Å². The van der Waals surface area contributed by atoms with Gasteiger partial charge in [-0.2, -0.15) is 0 Å². The Morgan fingerprint density at radius 1 is 1.04 bits per heavy atom. The minimum atomic E-state index is -0.948. The highest BCUT2D eigenvalue weighted by Crippen LogP contribution is 2.16. The minimum absolute atomic E-state index is 0.300. The van der Waals surface area contributed by atoms with E-state index in [-0.39, 0.29) is 5.78 Å². The molecular formula is C18H18FNO3. The van der Waals surface area contributed by atoms with Gasteiger partial charge in [0.1, 0.15) is 5.82 Å². The molecule has 0 aromatic heterocycles. The third-order valence-corrected chi connectivity index (χ3v) is 3.38. The van der Waals surface area contributed by atoms with Crippen LogP contribution in [0, 0.1) is 5.82 Å². The first-order valence-electron chi connectivity index (χ1n) is 7.16. The fourth-order valence-electron chi connectivity index (χ4n) is 2.04. The summed E-state index contributed by atoms with van der Waals surface area (Å²) in [5.41, 5.74) is 1.53. The quantitative estimate of drug-likeness (QED) is 0.627. The first-order chi connectivity index (χ1) is 10.9. The molecule has 2 aromatic rings. The Bertz CT molecular complexity index is 710. The minimum Gasteiger partial charge on any atom is -0.451 e. The molecule has 0 amide bonds. The number of hydrogen-bond donors (Lipinski definition) is 0. The van der Waals surface area contributed by atoms with Gasteiger partial charge in [-0.3, -0.25) is 4.79 Å².